The fraction of sp³-hybridized carbons (Fsp3) is 0.312. The van der Waals surface area contributed by atoms with Crippen molar-refractivity contribution in [2.75, 3.05) is 25.0 Å². The Bertz CT molecular complexity index is 604. The molecule has 2 aromatic rings. The molecule has 98 valence electrons. The topological polar surface area (TPSA) is 28.2 Å². The molecule has 1 aliphatic heterocycles. The number of benzene rings is 1. The van der Waals surface area contributed by atoms with Crippen LogP contribution < -0.4 is 10.2 Å². The van der Waals surface area contributed by atoms with Gasteiger partial charge in [0, 0.05) is 25.0 Å². The van der Waals surface area contributed by atoms with Gasteiger partial charge in [0.2, 0.25) is 0 Å². The van der Waals surface area contributed by atoms with E-state index < -0.39 is 0 Å². The molecule has 0 radical (unpaired) electrons. The lowest BCUT2D eigenvalue weighted by Gasteiger charge is -2.26. The van der Waals surface area contributed by atoms with E-state index in [1.54, 1.807) is 0 Å². The minimum Gasteiger partial charge on any atom is -0.352 e. The molecule has 0 atom stereocenters. The largest absolute Gasteiger partial charge is 0.352 e. The van der Waals surface area contributed by atoms with Gasteiger partial charge in [0.1, 0.15) is 5.82 Å². The van der Waals surface area contributed by atoms with E-state index in [0.29, 0.717) is 0 Å². The number of nitrogens with one attached hydrogen (secondary N) is 1. The fourth-order valence-electron chi connectivity index (χ4n) is 2.58. The highest BCUT2D eigenvalue weighted by Gasteiger charge is 2.13. The number of hydrogen-bond donors (Lipinski definition) is 1. The van der Waals surface area contributed by atoms with E-state index in [1.807, 2.05) is 7.05 Å². The van der Waals surface area contributed by atoms with Gasteiger partial charge in [-0.25, -0.2) is 4.98 Å². The molecular formula is C16H19N3. The summed E-state index contributed by atoms with van der Waals surface area (Å²) in [5.41, 5.74) is 1.10. The molecule has 0 unspecified atom stereocenters. The van der Waals surface area contributed by atoms with Crippen LogP contribution >= 0.6 is 0 Å². The van der Waals surface area contributed by atoms with Crippen molar-refractivity contribution in [2.45, 2.75) is 13.0 Å². The maximum Gasteiger partial charge on any atom is 0.137 e. The van der Waals surface area contributed by atoms with Gasteiger partial charge in [0.25, 0.3) is 0 Å². The Morgan fingerprint density at radius 1 is 1.26 bits per heavy atom. The van der Waals surface area contributed by atoms with E-state index in [0.717, 1.165) is 37.6 Å². The summed E-state index contributed by atoms with van der Waals surface area (Å²) in [6.07, 6.45) is 5.58. The zero-order valence-electron chi connectivity index (χ0n) is 11.3. The van der Waals surface area contributed by atoms with Crippen LogP contribution in [0.1, 0.15) is 12.1 Å². The van der Waals surface area contributed by atoms with Crippen LogP contribution in [0.25, 0.3) is 10.8 Å². The molecule has 1 aromatic heterocycles. The van der Waals surface area contributed by atoms with E-state index in [9.17, 15) is 0 Å². The predicted molar refractivity (Wildman–Crippen MR) is 80.5 cm³/mol. The third-order valence-electron chi connectivity index (χ3n) is 3.49. The van der Waals surface area contributed by atoms with Crippen LogP contribution in [0.2, 0.25) is 0 Å². The van der Waals surface area contributed by atoms with Gasteiger partial charge >= 0.3 is 0 Å². The molecule has 2 heterocycles. The summed E-state index contributed by atoms with van der Waals surface area (Å²) in [6, 6.07) is 10.7. The number of nitrogens with zero attached hydrogens (tertiary/aromatic N) is 2. The molecule has 0 amide bonds. The number of fused-ring (bicyclic) bond motifs is 1. The van der Waals surface area contributed by atoms with Crippen LogP contribution in [0.3, 0.4) is 0 Å². The van der Waals surface area contributed by atoms with Crippen LogP contribution in [0.15, 0.2) is 42.5 Å². The average molecular weight is 253 g/mol. The monoisotopic (exact) mass is 253 g/mol. The van der Waals surface area contributed by atoms with Gasteiger partial charge in [-0.2, -0.15) is 0 Å². The van der Waals surface area contributed by atoms with E-state index in [2.05, 4.69) is 52.7 Å². The number of hydrogen-bond acceptors (Lipinski definition) is 3. The molecule has 1 N–H and O–H groups in total. The lowest BCUT2D eigenvalue weighted by atomic mass is 10.1. The molecule has 19 heavy (non-hydrogen) atoms. The second kappa shape index (κ2) is 5.41. The van der Waals surface area contributed by atoms with Crippen LogP contribution in [-0.4, -0.2) is 25.1 Å². The second-order valence-electron chi connectivity index (χ2n) is 4.89. The van der Waals surface area contributed by atoms with Crippen molar-refractivity contribution < 1.29 is 0 Å². The highest BCUT2D eigenvalue weighted by molar-refractivity contribution is 5.92. The maximum absolute atomic E-state index is 4.84. The fourth-order valence-corrected chi connectivity index (χ4v) is 2.58. The molecule has 3 heteroatoms. The molecular weight excluding hydrogens is 234 g/mol. The number of aromatic nitrogens is 1. The molecule has 0 aliphatic carbocycles. The third-order valence-corrected chi connectivity index (χ3v) is 3.49. The SMILES string of the molecule is CNCc1cc2ccccc2c(N2CC=CCC2)n1. The van der Waals surface area contributed by atoms with Crippen molar-refractivity contribution in [1.82, 2.24) is 10.3 Å². The second-order valence-corrected chi connectivity index (χ2v) is 4.89. The van der Waals surface area contributed by atoms with Gasteiger partial charge in [0.05, 0.1) is 5.69 Å². The molecule has 0 saturated carbocycles. The Balaban J connectivity index is 2.11. The molecule has 0 saturated heterocycles. The normalized spacial score (nSPS) is 15.1. The van der Waals surface area contributed by atoms with Crippen LogP contribution in [-0.2, 0) is 6.54 Å². The van der Waals surface area contributed by atoms with Gasteiger partial charge in [-0.1, -0.05) is 36.4 Å². The summed E-state index contributed by atoms with van der Waals surface area (Å²) in [4.78, 5) is 7.21. The summed E-state index contributed by atoms with van der Waals surface area (Å²) < 4.78 is 0. The maximum atomic E-state index is 4.84. The smallest absolute Gasteiger partial charge is 0.137 e. The quantitative estimate of drug-likeness (QED) is 0.853. The van der Waals surface area contributed by atoms with Crippen molar-refractivity contribution in [3.05, 3.63) is 48.2 Å². The van der Waals surface area contributed by atoms with Gasteiger partial charge in [-0.3, -0.25) is 0 Å². The summed E-state index contributed by atoms with van der Waals surface area (Å²) >= 11 is 0. The standard InChI is InChI=1S/C16H19N3/c1-17-12-14-11-13-7-3-4-8-15(13)16(18-14)19-9-5-2-6-10-19/h2-5,7-8,11,17H,6,9-10,12H2,1H3. The minimum absolute atomic E-state index is 0.807. The third kappa shape index (κ3) is 2.47. The Hall–Kier alpha value is -1.87. The van der Waals surface area contributed by atoms with Gasteiger partial charge < -0.3 is 10.2 Å². The lowest BCUT2D eigenvalue weighted by Crippen LogP contribution is -2.28. The number of anilines is 1. The molecule has 3 nitrogen and oxygen atoms in total. The zero-order valence-corrected chi connectivity index (χ0v) is 11.3. The van der Waals surface area contributed by atoms with E-state index in [4.69, 9.17) is 4.98 Å². The zero-order chi connectivity index (χ0) is 13.1. The minimum atomic E-state index is 0.807. The van der Waals surface area contributed by atoms with Gasteiger partial charge in [-0.05, 0) is 24.9 Å². The van der Waals surface area contributed by atoms with Crippen LogP contribution in [0.5, 0.6) is 0 Å². The molecule has 0 spiro atoms. The predicted octanol–water partition coefficient (Wildman–Crippen LogP) is 2.72. The molecule has 0 fully saturated rings. The van der Waals surface area contributed by atoms with Crippen LogP contribution in [0.4, 0.5) is 5.82 Å². The van der Waals surface area contributed by atoms with Crippen molar-refractivity contribution >= 4 is 16.6 Å². The van der Waals surface area contributed by atoms with Crippen LogP contribution in [0, 0.1) is 0 Å². The molecule has 1 aromatic carbocycles. The number of pyridine rings is 1. The Kier molecular flexibility index (Phi) is 3.47. The first kappa shape index (κ1) is 12.2. The Morgan fingerprint density at radius 2 is 2.16 bits per heavy atom. The molecule has 1 aliphatic rings. The average Bonchev–Trinajstić information content (AvgIpc) is 2.48. The summed E-state index contributed by atoms with van der Waals surface area (Å²) in [6.45, 7) is 2.82. The van der Waals surface area contributed by atoms with Gasteiger partial charge in [0.15, 0.2) is 0 Å². The van der Waals surface area contributed by atoms with Crippen molar-refractivity contribution in [3.63, 3.8) is 0 Å². The highest BCUT2D eigenvalue weighted by Crippen LogP contribution is 2.26. The summed E-state index contributed by atoms with van der Waals surface area (Å²) in [5, 5.41) is 5.70. The summed E-state index contributed by atoms with van der Waals surface area (Å²) in [7, 11) is 1.96. The highest BCUT2D eigenvalue weighted by atomic mass is 15.2. The van der Waals surface area contributed by atoms with E-state index in [-0.39, 0.29) is 0 Å². The first-order valence-corrected chi connectivity index (χ1v) is 6.81. The van der Waals surface area contributed by atoms with E-state index >= 15 is 0 Å². The van der Waals surface area contributed by atoms with Crippen molar-refractivity contribution in [1.29, 1.82) is 0 Å². The van der Waals surface area contributed by atoms with Crippen molar-refractivity contribution in [2.24, 2.45) is 0 Å². The summed E-state index contributed by atoms with van der Waals surface area (Å²) in [5.74, 6) is 1.12. The molecule has 3 rings (SSSR count). The van der Waals surface area contributed by atoms with Crippen molar-refractivity contribution in [3.8, 4) is 0 Å². The number of rotatable bonds is 3. The first-order valence-electron chi connectivity index (χ1n) is 6.81. The lowest BCUT2D eigenvalue weighted by molar-refractivity contribution is 0.772. The first-order chi connectivity index (χ1) is 9.38. The van der Waals surface area contributed by atoms with E-state index in [1.165, 1.54) is 10.8 Å². The Labute approximate surface area is 114 Å². The Morgan fingerprint density at radius 3 is 2.95 bits per heavy atom. The van der Waals surface area contributed by atoms with Gasteiger partial charge in [-0.15, -0.1) is 0 Å². The molecule has 0 bridgehead atoms.